The molecule has 0 saturated carbocycles. The van der Waals surface area contributed by atoms with Gasteiger partial charge in [-0.25, -0.2) is 4.79 Å². The Morgan fingerprint density at radius 3 is 2.22 bits per heavy atom. The number of phenols is 1. The normalized spacial score (nSPS) is 12.9. The van der Waals surface area contributed by atoms with Crippen LogP contribution in [-0.4, -0.2) is 46.1 Å². The molecular formula is C37H51N3O5. The van der Waals surface area contributed by atoms with Gasteiger partial charge >= 0.3 is 6.09 Å². The Bertz CT molecular complexity index is 1450. The van der Waals surface area contributed by atoms with Crippen LogP contribution in [0.2, 0.25) is 0 Å². The summed E-state index contributed by atoms with van der Waals surface area (Å²) >= 11 is 0. The molecule has 0 aromatic heterocycles. The number of anilines is 1. The van der Waals surface area contributed by atoms with Crippen molar-refractivity contribution in [2.45, 2.75) is 105 Å². The van der Waals surface area contributed by atoms with Crippen LogP contribution in [-0.2, 0) is 14.3 Å². The van der Waals surface area contributed by atoms with Crippen molar-refractivity contribution < 1.29 is 24.2 Å². The zero-order chi connectivity index (χ0) is 33.1. The quantitative estimate of drug-likeness (QED) is 0.158. The fraction of sp³-hybridized carbons (Fsp3) is 0.486. The van der Waals surface area contributed by atoms with Gasteiger partial charge in [0.05, 0.1) is 0 Å². The summed E-state index contributed by atoms with van der Waals surface area (Å²) in [6.07, 6.45) is 5.23. The minimum Gasteiger partial charge on any atom is -0.507 e. The average Bonchev–Trinajstić information content (AvgIpc) is 2.97. The van der Waals surface area contributed by atoms with Gasteiger partial charge in [0, 0.05) is 17.8 Å². The Morgan fingerprint density at radius 2 is 1.56 bits per heavy atom. The Labute approximate surface area is 268 Å². The number of benzene rings is 3. The van der Waals surface area contributed by atoms with Crippen LogP contribution in [0.4, 0.5) is 10.5 Å². The van der Waals surface area contributed by atoms with Crippen LogP contribution < -0.4 is 10.6 Å². The first-order chi connectivity index (χ1) is 21.3. The van der Waals surface area contributed by atoms with Gasteiger partial charge in [0.2, 0.25) is 5.91 Å². The van der Waals surface area contributed by atoms with E-state index < -0.39 is 35.6 Å². The Hall–Kier alpha value is -4.07. The summed E-state index contributed by atoms with van der Waals surface area (Å²) in [5.41, 5.74) is 0.750. The van der Waals surface area contributed by atoms with Crippen molar-refractivity contribution >= 4 is 34.4 Å². The lowest BCUT2D eigenvalue weighted by molar-refractivity contribution is -0.141. The first-order valence-electron chi connectivity index (χ1n) is 16.2. The zero-order valence-corrected chi connectivity index (χ0v) is 28.0. The smallest absolute Gasteiger partial charge is 0.408 e. The number of unbranched alkanes of at least 4 members (excludes halogenated alkanes) is 5. The largest absolute Gasteiger partial charge is 0.507 e. The Kier molecular flexibility index (Phi) is 12.8. The molecule has 2 atom stereocenters. The number of carbonyl (C=O) groups is 3. The number of carbonyl (C=O) groups excluding carboxylic acids is 3. The number of hydrogen-bond donors (Lipinski definition) is 3. The van der Waals surface area contributed by atoms with Gasteiger partial charge in [-0.05, 0) is 68.5 Å². The third kappa shape index (κ3) is 10.2. The molecule has 244 valence electrons. The summed E-state index contributed by atoms with van der Waals surface area (Å²) < 4.78 is 5.49. The van der Waals surface area contributed by atoms with E-state index >= 15 is 0 Å². The predicted octanol–water partition coefficient (Wildman–Crippen LogP) is 8.27. The van der Waals surface area contributed by atoms with E-state index in [-0.39, 0.29) is 18.2 Å². The number of para-hydroxylation sites is 1. The maximum Gasteiger partial charge on any atom is 0.408 e. The first kappa shape index (κ1) is 35.4. The molecule has 8 nitrogen and oxygen atoms in total. The molecule has 3 aromatic rings. The highest BCUT2D eigenvalue weighted by Crippen LogP contribution is 2.34. The summed E-state index contributed by atoms with van der Waals surface area (Å²) in [7, 11) is 0. The van der Waals surface area contributed by atoms with Gasteiger partial charge in [0.15, 0.2) is 0 Å². The number of ether oxygens (including phenoxy) is 1. The van der Waals surface area contributed by atoms with E-state index in [2.05, 4.69) is 17.6 Å². The van der Waals surface area contributed by atoms with Crippen LogP contribution in [0, 0.1) is 12.8 Å². The van der Waals surface area contributed by atoms with Gasteiger partial charge in [-0.1, -0.05) is 101 Å². The van der Waals surface area contributed by atoms with Crippen molar-refractivity contribution in [2.24, 2.45) is 5.92 Å². The Balaban J connectivity index is 2.04. The van der Waals surface area contributed by atoms with Gasteiger partial charge in [-0.2, -0.15) is 0 Å². The highest BCUT2D eigenvalue weighted by atomic mass is 16.6. The average molecular weight is 618 g/mol. The van der Waals surface area contributed by atoms with Crippen molar-refractivity contribution in [2.75, 3.05) is 11.9 Å². The fourth-order valence-corrected chi connectivity index (χ4v) is 5.39. The van der Waals surface area contributed by atoms with Crippen molar-refractivity contribution in [1.29, 1.82) is 0 Å². The number of hydrogen-bond acceptors (Lipinski definition) is 5. The minimum atomic E-state index is -1.15. The van der Waals surface area contributed by atoms with Crippen LogP contribution in [0.15, 0.2) is 60.7 Å². The highest BCUT2D eigenvalue weighted by molar-refractivity contribution is 6.00. The van der Waals surface area contributed by atoms with E-state index in [0.29, 0.717) is 23.2 Å². The second-order valence-electron chi connectivity index (χ2n) is 13.1. The SMILES string of the molecule is CCCCCCCCN(C(=O)C(NC(=O)OC(C)(C)C)C(C)C)C(C(=O)Nc1ccc2ccccc2c1)c1cccc(C)c1O. The maximum absolute atomic E-state index is 14.5. The maximum atomic E-state index is 14.5. The number of aromatic hydroxyl groups is 1. The van der Waals surface area contributed by atoms with Crippen LogP contribution in [0.1, 0.15) is 97.2 Å². The Morgan fingerprint density at radius 1 is 0.889 bits per heavy atom. The van der Waals surface area contributed by atoms with Crippen molar-refractivity contribution in [3.63, 3.8) is 0 Å². The monoisotopic (exact) mass is 617 g/mol. The second-order valence-corrected chi connectivity index (χ2v) is 13.1. The number of rotatable bonds is 14. The lowest BCUT2D eigenvalue weighted by Gasteiger charge is -2.36. The molecule has 0 aliphatic rings. The number of nitrogens with zero attached hydrogens (tertiary/aromatic N) is 1. The number of aryl methyl sites for hydroxylation is 1. The van der Waals surface area contributed by atoms with Crippen molar-refractivity contribution in [1.82, 2.24) is 10.2 Å². The molecule has 3 aromatic carbocycles. The molecule has 3 N–H and O–H groups in total. The topological polar surface area (TPSA) is 108 Å². The molecule has 0 aliphatic heterocycles. The van der Waals surface area contributed by atoms with Gasteiger partial charge in [0.25, 0.3) is 5.91 Å². The van der Waals surface area contributed by atoms with Crippen LogP contribution in [0.5, 0.6) is 5.75 Å². The molecule has 3 amide bonds. The molecule has 3 rings (SSSR count). The third-order valence-corrected chi connectivity index (χ3v) is 7.78. The molecular weight excluding hydrogens is 566 g/mol. The fourth-order valence-electron chi connectivity index (χ4n) is 5.39. The minimum absolute atomic E-state index is 0.0434. The molecule has 2 unspecified atom stereocenters. The first-order valence-corrected chi connectivity index (χ1v) is 16.2. The van der Waals surface area contributed by atoms with E-state index in [0.717, 1.165) is 42.9 Å². The standard InChI is InChI=1S/C37H51N3O5/c1-8-9-10-11-12-15-23-40(35(43)31(25(2)3)39-36(44)45-37(5,6)7)32(30-20-16-17-26(4)33(30)41)34(42)38-29-22-21-27-18-13-14-19-28(27)24-29/h13-14,16-22,24-25,31-32,41H,8-12,15,23H2,1-7H3,(H,38,42)(H,39,44). The number of amides is 3. The lowest BCUT2D eigenvalue weighted by atomic mass is 9.96. The summed E-state index contributed by atoms with van der Waals surface area (Å²) in [6.45, 7) is 13.2. The number of alkyl carbamates (subject to hydrolysis) is 1. The molecule has 45 heavy (non-hydrogen) atoms. The van der Waals surface area contributed by atoms with E-state index in [1.807, 2.05) is 56.3 Å². The summed E-state index contributed by atoms with van der Waals surface area (Å²) in [5.74, 6) is -1.21. The van der Waals surface area contributed by atoms with Gasteiger partial charge < -0.3 is 25.4 Å². The van der Waals surface area contributed by atoms with Crippen molar-refractivity contribution in [3.05, 3.63) is 71.8 Å². The highest BCUT2D eigenvalue weighted by Gasteiger charge is 2.38. The summed E-state index contributed by atoms with van der Waals surface area (Å²) in [6, 6.07) is 16.6. The van der Waals surface area contributed by atoms with Crippen LogP contribution >= 0.6 is 0 Å². The molecule has 8 heteroatoms. The number of nitrogens with one attached hydrogen (secondary N) is 2. The summed E-state index contributed by atoms with van der Waals surface area (Å²) in [4.78, 5) is 43.2. The van der Waals surface area contributed by atoms with E-state index in [1.54, 1.807) is 45.9 Å². The number of fused-ring (bicyclic) bond motifs is 1. The molecule has 0 heterocycles. The molecule has 0 radical (unpaired) electrons. The van der Waals surface area contributed by atoms with Crippen LogP contribution in [0.3, 0.4) is 0 Å². The molecule has 0 bridgehead atoms. The van der Waals surface area contributed by atoms with Gasteiger partial charge in [-0.3, -0.25) is 9.59 Å². The van der Waals surface area contributed by atoms with E-state index in [4.69, 9.17) is 4.74 Å². The number of phenolic OH excluding ortho intramolecular Hbond substituents is 1. The van der Waals surface area contributed by atoms with E-state index in [1.165, 1.54) is 4.90 Å². The lowest BCUT2D eigenvalue weighted by Crippen LogP contribution is -2.54. The van der Waals surface area contributed by atoms with Gasteiger partial charge in [0.1, 0.15) is 23.4 Å². The summed E-state index contributed by atoms with van der Waals surface area (Å²) in [5, 5.41) is 19.0. The third-order valence-electron chi connectivity index (χ3n) is 7.78. The molecule has 0 spiro atoms. The predicted molar refractivity (Wildman–Crippen MR) is 181 cm³/mol. The van der Waals surface area contributed by atoms with Crippen LogP contribution in [0.25, 0.3) is 10.8 Å². The second kappa shape index (κ2) is 16.3. The van der Waals surface area contributed by atoms with Crippen molar-refractivity contribution in [3.8, 4) is 5.75 Å². The van der Waals surface area contributed by atoms with E-state index in [9.17, 15) is 19.5 Å². The van der Waals surface area contributed by atoms with Gasteiger partial charge in [-0.15, -0.1) is 0 Å². The zero-order valence-electron chi connectivity index (χ0n) is 28.0. The molecule has 0 fully saturated rings. The molecule has 0 aliphatic carbocycles. The molecule has 0 saturated heterocycles.